The molecule has 0 atom stereocenters. The molecule has 0 spiro atoms. The topological polar surface area (TPSA) is 79.7 Å². The molecule has 0 saturated carbocycles. The van der Waals surface area contributed by atoms with Crippen molar-refractivity contribution in [1.82, 2.24) is 4.98 Å². The summed E-state index contributed by atoms with van der Waals surface area (Å²) in [6.45, 7) is 2.28. The van der Waals surface area contributed by atoms with E-state index in [2.05, 4.69) is 20.9 Å². The van der Waals surface area contributed by atoms with Gasteiger partial charge in [0.15, 0.2) is 11.5 Å². The minimum Gasteiger partial charge on any atom is -0.503 e. The number of rotatable bonds is 5. The lowest BCUT2D eigenvalue weighted by Crippen LogP contribution is -1.92. The number of nitrogens with zero attached hydrogens (tertiary/aromatic N) is 1. The van der Waals surface area contributed by atoms with Gasteiger partial charge in [-0.15, -0.1) is 11.3 Å². The van der Waals surface area contributed by atoms with Crippen molar-refractivity contribution in [3.05, 3.63) is 38.3 Å². The summed E-state index contributed by atoms with van der Waals surface area (Å²) in [4.78, 5) is 15.0. The summed E-state index contributed by atoms with van der Waals surface area (Å²) in [7, 11) is 0. The Bertz CT molecular complexity index is 696. The number of hydrogen-bond acceptors (Lipinski definition) is 5. The first-order chi connectivity index (χ1) is 10.0. The van der Waals surface area contributed by atoms with Crippen molar-refractivity contribution >= 4 is 45.4 Å². The van der Waals surface area contributed by atoms with E-state index in [1.54, 1.807) is 24.3 Å². The van der Waals surface area contributed by atoms with Crippen LogP contribution in [0.4, 0.5) is 0 Å². The molecular formula is C14H12BrNO4S. The molecule has 1 heterocycles. The van der Waals surface area contributed by atoms with Gasteiger partial charge < -0.3 is 14.9 Å². The van der Waals surface area contributed by atoms with Gasteiger partial charge in [-0.3, -0.25) is 0 Å². The molecule has 5 nitrogen and oxygen atoms in total. The molecule has 0 fully saturated rings. The van der Waals surface area contributed by atoms with E-state index in [0.29, 0.717) is 21.8 Å². The van der Waals surface area contributed by atoms with Gasteiger partial charge in [-0.05, 0) is 46.6 Å². The van der Waals surface area contributed by atoms with Gasteiger partial charge in [0, 0.05) is 0 Å². The monoisotopic (exact) mass is 369 g/mol. The Kier molecular flexibility index (Phi) is 4.98. The van der Waals surface area contributed by atoms with Crippen LogP contribution in [0.25, 0.3) is 12.2 Å². The molecule has 0 bridgehead atoms. The zero-order valence-electron chi connectivity index (χ0n) is 11.0. The standard InChI is InChI=1S/C14H12BrNO4S/c1-2-20-10-6-8(5-9(15)13(10)17)3-4-12-16-7-11(21-12)14(18)19/h3-7,17H,2H2,1H3,(H,18,19)/b4-3+. The van der Waals surface area contributed by atoms with Crippen molar-refractivity contribution in [2.45, 2.75) is 6.92 Å². The van der Waals surface area contributed by atoms with Crippen LogP contribution in [0, 0.1) is 0 Å². The minimum absolute atomic E-state index is 0.0522. The van der Waals surface area contributed by atoms with E-state index < -0.39 is 5.97 Å². The fourth-order valence-corrected chi connectivity index (χ4v) is 2.71. The second-order valence-corrected chi connectivity index (χ2v) is 5.90. The molecule has 0 aliphatic heterocycles. The Labute approximate surface area is 133 Å². The first kappa shape index (κ1) is 15.5. The largest absolute Gasteiger partial charge is 0.503 e. The summed E-state index contributed by atoms with van der Waals surface area (Å²) in [5.74, 6) is -0.550. The number of halogens is 1. The molecule has 7 heteroatoms. The third kappa shape index (κ3) is 3.83. The Morgan fingerprint density at radius 1 is 1.48 bits per heavy atom. The van der Waals surface area contributed by atoms with Gasteiger partial charge in [-0.1, -0.05) is 6.08 Å². The van der Waals surface area contributed by atoms with Crippen LogP contribution in [0.15, 0.2) is 22.8 Å². The SMILES string of the molecule is CCOc1cc(/C=C/c2ncc(C(=O)O)s2)cc(Br)c1O. The molecule has 0 amide bonds. The summed E-state index contributed by atoms with van der Waals surface area (Å²) in [6.07, 6.45) is 4.81. The highest BCUT2D eigenvalue weighted by atomic mass is 79.9. The number of thiazole rings is 1. The lowest BCUT2D eigenvalue weighted by molar-refractivity contribution is 0.0702. The van der Waals surface area contributed by atoms with Crippen LogP contribution in [0.5, 0.6) is 11.5 Å². The summed E-state index contributed by atoms with van der Waals surface area (Å²) < 4.78 is 5.87. The average molecular weight is 370 g/mol. The van der Waals surface area contributed by atoms with E-state index in [9.17, 15) is 9.90 Å². The first-order valence-electron chi connectivity index (χ1n) is 6.03. The number of hydrogen-bond donors (Lipinski definition) is 2. The van der Waals surface area contributed by atoms with E-state index in [0.717, 1.165) is 16.9 Å². The maximum atomic E-state index is 10.8. The second-order valence-electron chi connectivity index (χ2n) is 3.98. The normalized spacial score (nSPS) is 11.0. The molecule has 2 N–H and O–H groups in total. The molecule has 0 radical (unpaired) electrons. The molecule has 21 heavy (non-hydrogen) atoms. The van der Waals surface area contributed by atoms with Gasteiger partial charge in [-0.2, -0.15) is 0 Å². The third-order valence-corrected chi connectivity index (χ3v) is 4.06. The van der Waals surface area contributed by atoms with E-state index >= 15 is 0 Å². The zero-order valence-corrected chi connectivity index (χ0v) is 13.4. The summed E-state index contributed by atoms with van der Waals surface area (Å²) in [6, 6.07) is 3.44. The van der Waals surface area contributed by atoms with Gasteiger partial charge in [0.2, 0.25) is 0 Å². The average Bonchev–Trinajstić information content (AvgIpc) is 2.91. The maximum Gasteiger partial charge on any atom is 0.347 e. The van der Waals surface area contributed by atoms with Crippen molar-refractivity contribution < 1.29 is 19.7 Å². The Balaban J connectivity index is 2.25. The Morgan fingerprint density at radius 2 is 2.24 bits per heavy atom. The summed E-state index contributed by atoms with van der Waals surface area (Å²) >= 11 is 4.35. The molecule has 0 saturated heterocycles. The van der Waals surface area contributed by atoms with Gasteiger partial charge in [-0.25, -0.2) is 9.78 Å². The van der Waals surface area contributed by atoms with Crippen molar-refractivity contribution in [1.29, 1.82) is 0 Å². The number of phenolic OH excluding ortho intramolecular Hbond substituents is 1. The fraction of sp³-hybridized carbons (Fsp3) is 0.143. The highest BCUT2D eigenvalue weighted by molar-refractivity contribution is 9.10. The molecule has 0 aliphatic rings. The van der Waals surface area contributed by atoms with E-state index in [-0.39, 0.29) is 10.6 Å². The van der Waals surface area contributed by atoms with Crippen molar-refractivity contribution in [2.75, 3.05) is 6.61 Å². The van der Waals surface area contributed by atoms with Crippen LogP contribution in [-0.4, -0.2) is 27.8 Å². The van der Waals surface area contributed by atoms with Crippen LogP contribution in [0.3, 0.4) is 0 Å². The van der Waals surface area contributed by atoms with E-state index in [4.69, 9.17) is 9.84 Å². The smallest absolute Gasteiger partial charge is 0.347 e. The van der Waals surface area contributed by atoms with Crippen LogP contribution in [-0.2, 0) is 0 Å². The first-order valence-corrected chi connectivity index (χ1v) is 7.64. The number of ether oxygens (including phenoxy) is 1. The lowest BCUT2D eigenvalue weighted by Gasteiger charge is -2.08. The number of carboxylic acid groups (broad SMARTS) is 1. The number of aromatic nitrogens is 1. The summed E-state index contributed by atoms with van der Waals surface area (Å²) in [5.41, 5.74) is 0.801. The van der Waals surface area contributed by atoms with Crippen molar-refractivity contribution in [3.8, 4) is 11.5 Å². The molecule has 0 unspecified atom stereocenters. The van der Waals surface area contributed by atoms with Gasteiger partial charge in [0.1, 0.15) is 9.88 Å². The van der Waals surface area contributed by atoms with Crippen molar-refractivity contribution in [2.24, 2.45) is 0 Å². The predicted molar refractivity (Wildman–Crippen MR) is 85.0 cm³/mol. The van der Waals surface area contributed by atoms with Gasteiger partial charge in [0.05, 0.1) is 17.3 Å². The van der Waals surface area contributed by atoms with E-state index in [1.807, 2.05) is 6.92 Å². The number of phenols is 1. The highest BCUT2D eigenvalue weighted by Gasteiger charge is 2.09. The van der Waals surface area contributed by atoms with Crippen LogP contribution in [0.2, 0.25) is 0 Å². The molecule has 1 aromatic heterocycles. The number of carboxylic acids is 1. The molecule has 2 rings (SSSR count). The highest BCUT2D eigenvalue weighted by Crippen LogP contribution is 2.36. The molecule has 1 aromatic carbocycles. The number of aromatic carboxylic acids is 1. The van der Waals surface area contributed by atoms with E-state index in [1.165, 1.54) is 6.20 Å². The van der Waals surface area contributed by atoms with Crippen LogP contribution in [0.1, 0.15) is 27.2 Å². The Morgan fingerprint density at radius 3 is 2.86 bits per heavy atom. The lowest BCUT2D eigenvalue weighted by atomic mass is 10.2. The maximum absolute atomic E-state index is 10.8. The molecule has 110 valence electrons. The van der Waals surface area contributed by atoms with Gasteiger partial charge in [0.25, 0.3) is 0 Å². The van der Waals surface area contributed by atoms with Crippen LogP contribution < -0.4 is 4.74 Å². The third-order valence-electron chi connectivity index (χ3n) is 2.50. The van der Waals surface area contributed by atoms with Crippen molar-refractivity contribution in [3.63, 3.8) is 0 Å². The zero-order chi connectivity index (χ0) is 15.4. The molecule has 0 aliphatic carbocycles. The number of carbonyl (C=O) groups is 1. The number of aromatic hydroxyl groups is 1. The number of benzene rings is 1. The van der Waals surface area contributed by atoms with Crippen LogP contribution >= 0.6 is 27.3 Å². The summed E-state index contributed by atoms with van der Waals surface area (Å²) in [5, 5.41) is 19.3. The predicted octanol–water partition coefficient (Wildman–Crippen LogP) is 3.88. The fourth-order valence-electron chi connectivity index (χ4n) is 1.59. The minimum atomic E-state index is -0.988. The van der Waals surface area contributed by atoms with Gasteiger partial charge >= 0.3 is 5.97 Å². The Hall–Kier alpha value is -1.86. The quantitative estimate of drug-likeness (QED) is 0.835. The molecule has 2 aromatic rings. The molecular weight excluding hydrogens is 358 g/mol. The second kappa shape index (κ2) is 6.73.